The lowest BCUT2D eigenvalue weighted by atomic mass is 10.9. The Kier molecular flexibility index (Phi) is 7.26. The van der Waals surface area contributed by atoms with Crippen molar-refractivity contribution >= 4 is 15.3 Å². The Balaban J connectivity index is 5.48. The van der Waals surface area contributed by atoms with Gasteiger partial charge in [0.1, 0.15) is 0 Å². The maximum atomic E-state index is 13.0. The summed E-state index contributed by atoms with van der Waals surface area (Å²) in [5, 5.41) is 0. The van der Waals surface area contributed by atoms with E-state index in [9.17, 15) is 9.13 Å². The van der Waals surface area contributed by atoms with Gasteiger partial charge in [0.15, 0.2) is 0 Å². The quantitative estimate of drug-likeness (QED) is 0.637. The molecule has 0 aromatic carbocycles. The molecule has 110 valence electrons. The number of nitrogens with zero attached hydrogens (tertiary/aromatic N) is 3. The Hall–Kier alpha value is 0.260. The summed E-state index contributed by atoms with van der Waals surface area (Å²) in [4.78, 5) is 0. The van der Waals surface area contributed by atoms with Crippen LogP contribution in [-0.4, -0.2) is 62.2 Å². The van der Waals surface area contributed by atoms with E-state index in [1.165, 1.54) is 20.8 Å². The van der Waals surface area contributed by atoms with Crippen molar-refractivity contribution in [3.8, 4) is 0 Å². The van der Waals surface area contributed by atoms with Gasteiger partial charge in [0.25, 0.3) is 7.59 Å². The molecule has 7 nitrogen and oxygen atoms in total. The molecule has 0 spiro atoms. The fourth-order valence-corrected chi connectivity index (χ4v) is 6.77. The van der Waals surface area contributed by atoms with E-state index in [0.717, 1.165) is 0 Å². The van der Waals surface area contributed by atoms with Crippen molar-refractivity contribution in [2.75, 3.05) is 48.5 Å². The highest BCUT2D eigenvalue weighted by Gasteiger charge is 2.45. The predicted octanol–water partition coefficient (Wildman–Crippen LogP) is 2.33. The third-order valence-corrected chi connectivity index (χ3v) is 8.43. The van der Waals surface area contributed by atoms with Crippen LogP contribution in [0.3, 0.4) is 0 Å². The fraction of sp³-hybridized carbons (Fsp3) is 1.00. The first-order valence-electron chi connectivity index (χ1n) is 5.76. The van der Waals surface area contributed by atoms with Crippen molar-refractivity contribution in [2.24, 2.45) is 0 Å². The van der Waals surface area contributed by atoms with Crippen LogP contribution >= 0.6 is 15.3 Å². The van der Waals surface area contributed by atoms with Crippen molar-refractivity contribution in [2.45, 2.75) is 13.8 Å². The summed E-state index contributed by atoms with van der Waals surface area (Å²) in [6.07, 6.45) is 0. The average Bonchev–Trinajstić information content (AvgIpc) is 2.26. The van der Waals surface area contributed by atoms with Gasteiger partial charge >= 0.3 is 7.75 Å². The molecule has 0 rings (SSSR count). The first-order chi connectivity index (χ1) is 8.16. The molecule has 0 aliphatic carbocycles. The summed E-state index contributed by atoms with van der Waals surface area (Å²) < 4.78 is 40.3. The van der Waals surface area contributed by atoms with Crippen molar-refractivity contribution < 1.29 is 18.2 Å². The highest BCUT2D eigenvalue weighted by atomic mass is 31.2. The minimum atomic E-state index is -3.55. The number of hydrogen-bond donors (Lipinski definition) is 0. The molecular weight excluding hydrogens is 276 g/mol. The van der Waals surface area contributed by atoms with E-state index in [1.807, 2.05) is 0 Å². The van der Waals surface area contributed by atoms with Crippen LogP contribution < -0.4 is 0 Å². The Labute approximate surface area is 110 Å². The van der Waals surface area contributed by atoms with Crippen molar-refractivity contribution in [1.82, 2.24) is 13.8 Å². The van der Waals surface area contributed by atoms with E-state index in [2.05, 4.69) is 0 Å². The topological polar surface area (TPSA) is 62.3 Å². The molecule has 0 N–H and O–H groups in total. The molecule has 0 aliphatic rings. The summed E-state index contributed by atoms with van der Waals surface area (Å²) in [6.45, 7) is 3.89. The lowest BCUT2D eigenvalue weighted by Crippen LogP contribution is -2.32. The summed E-state index contributed by atoms with van der Waals surface area (Å²) in [7, 11) is 1.46. The molecule has 0 saturated carbocycles. The molecule has 0 aromatic rings. The van der Waals surface area contributed by atoms with Gasteiger partial charge in [-0.15, -0.1) is 4.44 Å². The average molecular weight is 301 g/mol. The molecular formula is C9H25N3O4P2. The second-order valence-corrected chi connectivity index (χ2v) is 9.60. The standard InChI is InChI=1S/C9H25N3O4P2/c1-8-15-18(14,16-9-2)12(7)17(13,10(3)4)11(5)6/h8-9H2,1-7H3. The third-order valence-electron chi connectivity index (χ3n) is 2.36. The zero-order valence-corrected chi connectivity index (χ0v) is 14.1. The first kappa shape index (κ1) is 18.3. The molecule has 0 fully saturated rings. The SMILES string of the molecule is CCOP(=O)(OCC)N(C)P(=O)(N(C)C)N(C)C. The van der Waals surface area contributed by atoms with Gasteiger partial charge in [0.05, 0.1) is 13.2 Å². The van der Waals surface area contributed by atoms with Crippen LogP contribution in [0.1, 0.15) is 13.8 Å². The lowest BCUT2D eigenvalue weighted by molar-refractivity contribution is 0.191. The maximum Gasteiger partial charge on any atom is 0.415 e. The van der Waals surface area contributed by atoms with E-state index in [-0.39, 0.29) is 13.2 Å². The van der Waals surface area contributed by atoms with Crippen LogP contribution in [0.4, 0.5) is 0 Å². The van der Waals surface area contributed by atoms with Crippen LogP contribution in [-0.2, 0) is 18.2 Å². The van der Waals surface area contributed by atoms with Crippen LogP contribution in [0.25, 0.3) is 0 Å². The van der Waals surface area contributed by atoms with E-state index in [1.54, 1.807) is 42.0 Å². The molecule has 0 aromatic heterocycles. The predicted molar refractivity (Wildman–Crippen MR) is 73.6 cm³/mol. The van der Waals surface area contributed by atoms with Crippen molar-refractivity contribution in [1.29, 1.82) is 0 Å². The van der Waals surface area contributed by atoms with Crippen molar-refractivity contribution in [3.63, 3.8) is 0 Å². The van der Waals surface area contributed by atoms with Crippen LogP contribution in [0, 0.1) is 0 Å². The molecule has 0 saturated heterocycles. The van der Waals surface area contributed by atoms with Crippen molar-refractivity contribution in [3.05, 3.63) is 0 Å². The molecule has 0 radical (unpaired) electrons. The third kappa shape index (κ3) is 3.64. The second-order valence-electron chi connectivity index (χ2n) is 4.00. The summed E-state index contributed by atoms with van der Waals surface area (Å²) >= 11 is 0. The Morgan fingerprint density at radius 3 is 1.39 bits per heavy atom. The second kappa shape index (κ2) is 7.15. The van der Waals surface area contributed by atoms with E-state index >= 15 is 0 Å². The first-order valence-corrected chi connectivity index (χ1v) is 8.82. The maximum absolute atomic E-state index is 13.0. The number of rotatable bonds is 8. The van der Waals surface area contributed by atoms with Gasteiger partial charge < -0.3 is 0 Å². The Morgan fingerprint density at radius 2 is 1.17 bits per heavy atom. The van der Waals surface area contributed by atoms with Gasteiger partial charge in [-0.3, -0.25) is 13.6 Å². The summed E-state index contributed by atoms with van der Waals surface area (Å²) in [5.74, 6) is 0. The normalized spacial score (nSPS) is 13.9. The highest BCUT2D eigenvalue weighted by molar-refractivity contribution is 7.69. The van der Waals surface area contributed by atoms with Gasteiger partial charge in [-0.1, -0.05) is 0 Å². The number of hydrogen-bond acceptors (Lipinski definition) is 4. The minimum absolute atomic E-state index is 0.225. The highest BCUT2D eigenvalue weighted by Crippen LogP contribution is 2.67. The summed E-state index contributed by atoms with van der Waals surface area (Å²) in [6, 6.07) is 0. The molecule has 0 atom stereocenters. The van der Waals surface area contributed by atoms with Crippen LogP contribution in [0.15, 0.2) is 0 Å². The Morgan fingerprint density at radius 1 is 0.833 bits per heavy atom. The van der Waals surface area contributed by atoms with E-state index < -0.39 is 15.3 Å². The smallest absolute Gasteiger partial charge is 0.297 e. The molecule has 0 amide bonds. The molecule has 0 aliphatic heterocycles. The Bertz CT molecular complexity index is 327. The molecule has 0 heterocycles. The molecule has 9 heteroatoms. The van der Waals surface area contributed by atoms with E-state index in [0.29, 0.717) is 0 Å². The zero-order chi connectivity index (χ0) is 14.6. The van der Waals surface area contributed by atoms with Gasteiger partial charge in [-0.2, -0.15) is 0 Å². The minimum Gasteiger partial charge on any atom is -0.297 e. The zero-order valence-electron chi connectivity index (χ0n) is 12.3. The van der Waals surface area contributed by atoms with Crippen LogP contribution in [0.2, 0.25) is 0 Å². The van der Waals surface area contributed by atoms with Gasteiger partial charge in [-0.05, 0) is 42.0 Å². The largest absolute Gasteiger partial charge is 0.415 e. The van der Waals surface area contributed by atoms with Gasteiger partial charge in [0.2, 0.25) is 0 Å². The summed E-state index contributed by atoms with van der Waals surface area (Å²) in [5.41, 5.74) is 0. The lowest BCUT2D eigenvalue weighted by Gasteiger charge is -2.39. The molecule has 0 bridgehead atoms. The molecule has 18 heavy (non-hydrogen) atoms. The monoisotopic (exact) mass is 301 g/mol. The van der Waals surface area contributed by atoms with Gasteiger partial charge in [-0.25, -0.2) is 13.9 Å². The van der Waals surface area contributed by atoms with Crippen LogP contribution in [0.5, 0.6) is 0 Å². The molecule has 0 unspecified atom stereocenters. The fourth-order valence-electron chi connectivity index (χ4n) is 1.55. The van der Waals surface area contributed by atoms with Gasteiger partial charge in [0, 0.05) is 7.05 Å². The van der Waals surface area contributed by atoms with E-state index in [4.69, 9.17) is 9.05 Å².